The summed E-state index contributed by atoms with van der Waals surface area (Å²) in [5, 5.41) is 2.75. The summed E-state index contributed by atoms with van der Waals surface area (Å²) in [6, 6.07) is 11.2. The fraction of sp³-hybridized carbons (Fsp3) is 0. The van der Waals surface area contributed by atoms with E-state index in [0.29, 0.717) is 21.1 Å². The van der Waals surface area contributed by atoms with Gasteiger partial charge in [-0.1, -0.05) is 23.2 Å². The van der Waals surface area contributed by atoms with Gasteiger partial charge in [0.2, 0.25) is 0 Å². The normalized spacial score (nSPS) is 11.8. The molecule has 4 nitrogen and oxygen atoms in total. The molecule has 0 aliphatic heterocycles. The van der Waals surface area contributed by atoms with E-state index in [9.17, 15) is 0 Å². The van der Waals surface area contributed by atoms with Crippen molar-refractivity contribution >= 4 is 67.1 Å². The highest BCUT2D eigenvalue weighted by atomic mass is 35.5. The minimum Gasteiger partial charge on any atom is -0.254 e. The molecule has 114 valence electrons. The number of aromatic nitrogens is 4. The highest BCUT2D eigenvalue weighted by molar-refractivity contribution is 6.42. The first-order valence-electron chi connectivity index (χ1n) is 7.30. The number of pyridine rings is 2. The van der Waals surface area contributed by atoms with Crippen molar-refractivity contribution in [2.24, 2.45) is 0 Å². The van der Waals surface area contributed by atoms with Crippen molar-refractivity contribution in [1.82, 2.24) is 19.9 Å². The molecule has 0 saturated heterocycles. The van der Waals surface area contributed by atoms with Crippen LogP contribution in [-0.4, -0.2) is 19.9 Å². The van der Waals surface area contributed by atoms with Crippen molar-refractivity contribution < 1.29 is 0 Å². The van der Waals surface area contributed by atoms with Crippen molar-refractivity contribution in [2.45, 2.75) is 0 Å². The highest BCUT2D eigenvalue weighted by Crippen LogP contribution is 2.33. The van der Waals surface area contributed by atoms with Gasteiger partial charge in [0, 0.05) is 23.2 Å². The molecular formula is C18H8Cl2N4. The van der Waals surface area contributed by atoms with Crippen LogP contribution < -0.4 is 0 Å². The number of halogens is 2. The van der Waals surface area contributed by atoms with Gasteiger partial charge in [0.1, 0.15) is 0 Å². The fourth-order valence-electron chi connectivity index (χ4n) is 3.00. The average Bonchev–Trinajstić information content (AvgIpc) is 2.62. The third-order valence-electron chi connectivity index (χ3n) is 4.06. The van der Waals surface area contributed by atoms with E-state index in [1.165, 1.54) is 0 Å². The molecule has 0 spiro atoms. The second-order valence-electron chi connectivity index (χ2n) is 5.47. The summed E-state index contributed by atoms with van der Waals surface area (Å²) in [6.45, 7) is 0. The summed E-state index contributed by atoms with van der Waals surface area (Å²) in [6.07, 6.45) is 3.51. The van der Waals surface area contributed by atoms with E-state index in [1.54, 1.807) is 24.5 Å². The molecule has 0 atom stereocenters. The maximum absolute atomic E-state index is 6.13. The molecule has 0 aliphatic rings. The van der Waals surface area contributed by atoms with Crippen LogP contribution in [0.3, 0.4) is 0 Å². The first-order valence-corrected chi connectivity index (χ1v) is 8.06. The molecule has 2 aromatic carbocycles. The molecule has 5 rings (SSSR count). The Morgan fingerprint density at radius 1 is 0.625 bits per heavy atom. The van der Waals surface area contributed by atoms with Crippen molar-refractivity contribution in [3.05, 3.63) is 58.8 Å². The Bertz CT molecular complexity index is 1180. The molecule has 0 aliphatic carbocycles. The van der Waals surface area contributed by atoms with Gasteiger partial charge in [-0.2, -0.15) is 0 Å². The largest absolute Gasteiger partial charge is 0.254 e. The number of fused-ring (bicyclic) bond motifs is 7. The standard InChI is InChI=1S/C18H8Cl2N4/c19-11-7-13-14(8-12(11)20)24-18-10-4-2-6-22-16(10)15-9(17(18)23-13)3-1-5-21-15/h1-8H. The van der Waals surface area contributed by atoms with E-state index < -0.39 is 0 Å². The SMILES string of the molecule is Clc1cc2nc3c4cccnc4c4ncccc4c3nc2cc1Cl. The molecule has 0 bridgehead atoms. The lowest BCUT2D eigenvalue weighted by atomic mass is 10.1. The molecule has 0 saturated carbocycles. The van der Waals surface area contributed by atoms with E-state index in [2.05, 4.69) is 9.97 Å². The lowest BCUT2D eigenvalue weighted by Crippen LogP contribution is -1.93. The predicted molar refractivity (Wildman–Crippen MR) is 97.7 cm³/mol. The van der Waals surface area contributed by atoms with Gasteiger partial charge in [-0.25, -0.2) is 9.97 Å². The second-order valence-corrected chi connectivity index (χ2v) is 6.29. The zero-order valence-corrected chi connectivity index (χ0v) is 13.7. The zero-order chi connectivity index (χ0) is 16.3. The van der Waals surface area contributed by atoms with Crippen LogP contribution >= 0.6 is 23.2 Å². The van der Waals surface area contributed by atoms with Crippen LogP contribution in [0.2, 0.25) is 10.0 Å². The van der Waals surface area contributed by atoms with Gasteiger partial charge < -0.3 is 0 Å². The van der Waals surface area contributed by atoms with Gasteiger partial charge in [-0.3, -0.25) is 9.97 Å². The van der Waals surface area contributed by atoms with Gasteiger partial charge in [-0.05, 0) is 36.4 Å². The first-order chi connectivity index (χ1) is 11.7. The van der Waals surface area contributed by atoms with Crippen molar-refractivity contribution in [1.29, 1.82) is 0 Å². The maximum Gasteiger partial charge on any atom is 0.0996 e. The smallest absolute Gasteiger partial charge is 0.0996 e. The minimum absolute atomic E-state index is 0.461. The molecule has 3 heterocycles. The Balaban J connectivity index is 2.11. The van der Waals surface area contributed by atoms with Crippen LogP contribution in [-0.2, 0) is 0 Å². The molecule has 0 amide bonds. The van der Waals surface area contributed by atoms with E-state index in [-0.39, 0.29) is 0 Å². The van der Waals surface area contributed by atoms with Crippen LogP contribution in [0.25, 0.3) is 43.9 Å². The summed E-state index contributed by atoms with van der Waals surface area (Å²) >= 11 is 12.3. The third-order valence-corrected chi connectivity index (χ3v) is 4.78. The van der Waals surface area contributed by atoms with Crippen LogP contribution in [0.1, 0.15) is 0 Å². The Kier molecular flexibility index (Phi) is 2.86. The Morgan fingerprint density at radius 3 is 1.54 bits per heavy atom. The van der Waals surface area contributed by atoms with Gasteiger partial charge in [-0.15, -0.1) is 0 Å². The molecule has 0 N–H and O–H groups in total. The van der Waals surface area contributed by atoms with Gasteiger partial charge >= 0.3 is 0 Å². The van der Waals surface area contributed by atoms with Crippen molar-refractivity contribution in [3.63, 3.8) is 0 Å². The number of hydrogen-bond acceptors (Lipinski definition) is 4. The molecule has 0 fully saturated rings. The molecule has 24 heavy (non-hydrogen) atoms. The lowest BCUT2D eigenvalue weighted by Gasteiger charge is -2.09. The average molecular weight is 351 g/mol. The molecule has 0 unspecified atom stereocenters. The summed E-state index contributed by atoms with van der Waals surface area (Å²) < 4.78 is 0. The molecule has 3 aromatic heterocycles. The lowest BCUT2D eigenvalue weighted by molar-refractivity contribution is 1.36. The fourth-order valence-corrected chi connectivity index (χ4v) is 3.31. The Labute approximate surface area is 146 Å². The van der Waals surface area contributed by atoms with Crippen LogP contribution in [0.15, 0.2) is 48.8 Å². The molecule has 0 radical (unpaired) electrons. The Hall–Kier alpha value is -2.56. The monoisotopic (exact) mass is 350 g/mol. The van der Waals surface area contributed by atoms with Crippen molar-refractivity contribution in [2.75, 3.05) is 0 Å². The quantitative estimate of drug-likeness (QED) is 0.285. The summed E-state index contributed by atoms with van der Waals surface area (Å²) in [7, 11) is 0. The van der Waals surface area contributed by atoms with Crippen LogP contribution in [0.4, 0.5) is 0 Å². The third kappa shape index (κ3) is 1.87. The van der Waals surface area contributed by atoms with Gasteiger partial charge in [0.05, 0.1) is 43.1 Å². The molecular weight excluding hydrogens is 343 g/mol. The van der Waals surface area contributed by atoms with E-state index >= 15 is 0 Å². The molecule has 5 aromatic rings. The minimum atomic E-state index is 0.461. The summed E-state index contributed by atoms with van der Waals surface area (Å²) in [5.74, 6) is 0. The van der Waals surface area contributed by atoms with Crippen LogP contribution in [0.5, 0.6) is 0 Å². The summed E-state index contributed by atoms with van der Waals surface area (Å²) in [5.41, 5.74) is 4.59. The van der Waals surface area contributed by atoms with Crippen LogP contribution in [0, 0.1) is 0 Å². The number of hydrogen-bond donors (Lipinski definition) is 0. The number of benzene rings is 2. The van der Waals surface area contributed by atoms with Gasteiger partial charge in [0.15, 0.2) is 0 Å². The highest BCUT2D eigenvalue weighted by Gasteiger charge is 2.14. The van der Waals surface area contributed by atoms with E-state index in [4.69, 9.17) is 33.2 Å². The zero-order valence-electron chi connectivity index (χ0n) is 12.2. The predicted octanol–water partition coefficient (Wildman–Crippen LogP) is 5.19. The number of rotatable bonds is 0. The topological polar surface area (TPSA) is 51.6 Å². The number of nitrogens with zero attached hydrogens (tertiary/aromatic N) is 4. The maximum atomic E-state index is 6.13. The van der Waals surface area contributed by atoms with E-state index in [1.807, 2.05) is 24.3 Å². The summed E-state index contributed by atoms with van der Waals surface area (Å²) in [4.78, 5) is 18.6. The molecule has 6 heteroatoms. The van der Waals surface area contributed by atoms with Gasteiger partial charge in [0.25, 0.3) is 0 Å². The van der Waals surface area contributed by atoms with Crippen molar-refractivity contribution in [3.8, 4) is 0 Å². The first kappa shape index (κ1) is 13.8. The second kappa shape index (κ2) is 4.97. The Morgan fingerprint density at radius 2 is 1.08 bits per heavy atom. The van der Waals surface area contributed by atoms with E-state index in [0.717, 1.165) is 32.8 Å².